The van der Waals surface area contributed by atoms with Crippen LogP contribution in [-0.2, 0) is 13.0 Å². The molecule has 0 bridgehead atoms. The molecular weight excluding hydrogens is 234 g/mol. The third kappa shape index (κ3) is 4.87. The number of hydrogen-bond donors (Lipinski definition) is 1. The Bertz CT molecular complexity index is 450. The largest absolute Gasteiger partial charge is 0.336 e. The van der Waals surface area contributed by atoms with Crippen LogP contribution in [0.1, 0.15) is 25.8 Å². The first kappa shape index (κ1) is 13.8. The molecule has 2 atom stereocenters. The predicted octanol–water partition coefficient (Wildman–Crippen LogP) is 2.88. The summed E-state index contributed by atoms with van der Waals surface area (Å²) in [5.41, 5.74) is 1.42. The predicted molar refractivity (Wildman–Crippen MR) is 79.0 cm³/mol. The molecule has 2 unspecified atom stereocenters. The van der Waals surface area contributed by atoms with E-state index >= 15 is 0 Å². The topological polar surface area (TPSA) is 29.9 Å². The van der Waals surface area contributed by atoms with Gasteiger partial charge in [-0.25, -0.2) is 4.98 Å². The van der Waals surface area contributed by atoms with Crippen molar-refractivity contribution in [3.63, 3.8) is 0 Å². The lowest BCUT2D eigenvalue weighted by atomic mass is 10.1. The van der Waals surface area contributed by atoms with E-state index in [1.54, 1.807) is 0 Å². The molecule has 0 aliphatic carbocycles. The van der Waals surface area contributed by atoms with Crippen molar-refractivity contribution < 1.29 is 0 Å². The quantitative estimate of drug-likeness (QED) is 0.826. The zero-order valence-electron chi connectivity index (χ0n) is 11.8. The monoisotopic (exact) mass is 257 g/mol. The summed E-state index contributed by atoms with van der Waals surface area (Å²) in [6, 6.07) is 11.7. The number of nitrogens with one attached hydrogen (secondary N) is 1. The number of rotatable bonds is 7. The SMILES string of the molecule is CC(CCc1ccccc1)NC(C)Cn1ccnc1. The number of aryl methyl sites for hydroxylation is 1. The van der Waals surface area contributed by atoms with Crippen LogP contribution in [0.3, 0.4) is 0 Å². The maximum absolute atomic E-state index is 4.07. The van der Waals surface area contributed by atoms with Crippen molar-refractivity contribution in [3.8, 4) is 0 Å². The molecule has 1 heterocycles. The lowest BCUT2D eigenvalue weighted by Gasteiger charge is -2.20. The smallest absolute Gasteiger partial charge is 0.0946 e. The zero-order chi connectivity index (χ0) is 13.5. The van der Waals surface area contributed by atoms with Crippen LogP contribution in [0.25, 0.3) is 0 Å². The molecule has 3 nitrogen and oxygen atoms in total. The van der Waals surface area contributed by atoms with Crippen molar-refractivity contribution in [2.45, 2.75) is 45.3 Å². The number of hydrogen-bond acceptors (Lipinski definition) is 2. The molecule has 19 heavy (non-hydrogen) atoms. The Morgan fingerprint density at radius 2 is 1.95 bits per heavy atom. The first-order valence-electron chi connectivity index (χ1n) is 7.00. The minimum atomic E-state index is 0.458. The summed E-state index contributed by atoms with van der Waals surface area (Å²) >= 11 is 0. The van der Waals surface area contributed by atoms with Crippen LogP contribution in [0, 0.1) is 0 Å². The van der Waals surface area contributed by atoms with Crippen molar-refractivity contribution >= 4 is 0 Å². The molecule has 0 fully saturated rings. The lowest BCUT2D eigenvalue weighted by molar-refractivity contribution is 0.408. The van der Waals surface area contributed by atoms with Gasteiger partial charge in [0, 0.05) is 31.0 Å². The summed E-state index contributed by atoms with van der Waals surface area (Å²) in [5, 5.41) is 3.64. The van der Waals surface area contributed by atoms with Gasteiger partial charge in [-0.2, -0.15) is 0 Å². The van der Waals surface area contributed by atoms with Crippen LogP contribution >= 0.6 is 0 Å². The van der Waals surface area contributed by atoms with Gasteiger partial charge in [-0.15, -0.1) is 0 Å². The van der Waals surface area contributed by atoms with Crippen LogP contribution in [0.2, 0.25) is 0 Å². The Balaban J connectivity index is 1.70. The van der Waals surface area contributed by atoms with E-state index in [-0.39, 0.29) is 0 Å². The standard InChI is InChI=1S/C16H23N3/c1-14(8-9-16-6-4-3-5-7-16)18-15(2)12-19-11-10-17-13-19/h3-7,10-11,13-15,18H,8-9,12H2,1-2H3. The summed E-state index contributed by atoms with van der Waals surface area (Å²) in [4.78, 5) is 4.07. The molecule has 1 N–H and O–H groups in total. The molecule has 1 aromatic heterocycles. The maximum Gasteiger partial charge on any atom is 0.0946 e. The third-order valence-electron chi connectivity index (χ3n) is 3.32. The molecule has 1 aromatic carbocycles. The molecule has 2 rings (SSSR count). The fraction of sp³-hybridized carbons (Fsp3) is 0.438. The van der Waals surface area contributed by atoms with Gasteiger partial charge in [0.15, 0.2) is 0 Å². The summed E-state index contributed by atoms with van der Waals surface area (Å²) in [5.74, 6) is 0. The molecule has 0 radical (unpaired) electrons. The lowest BCUT2D eigenvalue weighted by Crippen LogP contribution is -2.37. The van der Waals surface area contributed by atoms with E-state index in [9.17, 15) is 0 Å². The summed E-state index contributed by atoms with van der Waals surface area (Å²) < 4.78 is 2.11. The van der Waals surface area contributed by atoms with Gasteiger partial charge in [-0.1, -0.05) is 30.3 Å². The Kier molecular flexibility index (Phi) is 5.16. The van der Waals surface area contributed by atoms with E-state index in [0.717, 1.165) is 19.4 Å². The highest BCUT2D eigenvalue weighted by molar-refractivity contribution is 5.14. The molecule has 0 aliphatic rings. The Labute approximate surface area is 115 Å². The number of benzene rings is 1. The molecular formula is C16H23N3. The highest BCUT2D eigenvalue weighted by Crippen LogP contribution is 2.05. The Morgan fingerprint density at radius 3 is 2.63 bits per heavy atom. The fourth-order valence-electron chi connectivity index (χ4n) is 2.36. The highest BCUT2D eigenvalue weighted by atomic mass is 15.1. The van der Waals surface area contributed by atoms with Crippen molar-refractivity contribution in [2.75, 3.05) is 0 Å². The van der Waals surface area contributed by atoms with E-state index < -0.39 is 0 Å². The van der Waals surface area contributed by atoms with E-state index in [4.69, 9.17) is 0 Å². The van der Waals surface area contributed by atoms with Gasteiger partial charge < -0.3 is 9.88 Å². The average molecular weight is 257 g/mol. The van der Waals surface area contributed by atoms with Gasteiger partial charge in [-0.05, 0) is 32.3 Å². The van der Waals surface area contributed by atoms with Crippen molar-refractivity contribution in [2.24, 2.45) is 0 Å². The van der Waals surface area contributed by atoms with Crippen molar-refractivity contribution in [1.82, 2.24) is 14.9 Å². The zero-order valence-corrected chi connectivity index (χ0v) is 11.8. The first-order valence-corrected chi connectivity index (χ1v) is 7.00. The third-order valence-corrected chi connectivity index (χ3v) is 3.32. The van der Waals surface area contributed by atoms with Crippen LogP contribution in [0.5, 0.6) is 0 Å². The molecule has 0 saturated heterocycles. The average Bonchev–Trinajstić information content (AvgIpc) is 2.90. The second-order valence-electron chi connectivity index (χ2n) is 5.25. The minimum Gasteiger partial charge on any atom is -0.336 e. The van der Waals surface area contributed by atoms with E-state index in [1.807, 2.05) is 18.7 Å². The Hall–Kier alpha value is -1.61. The van der Waals surface area contributed by atoms with Crippen LogP contribution in [-0.4, -0.2) is 21.6 Å². The molecule has 3 heteroatoms. The highest BCUT2D eigenvalue weighted by Gasteiger charge is 2.07. The first-order chi connectivity index (χ1) is 9.24. The molecule has 0 amide bonds. The summed E-state index contributed by atoms with van der Waals surface area (Å²) in [7, 11) is 0. The van der Waals surface area contributed by atoms with Gasteiger partial charge in [0.1, 0.15) is 0 Å². The van der Waals surface area contributed by atoms with Crippen LogP contribution < -0.4 is 5.32 Å². The normalized spacial score (nSPS) is 14.2. The van der Waals surface area contributed by atoms with Crippen LogP contribution in [0.4, 0.5) is 0 Å². The summed E-state index contributed by atoms with van der Waals surface area (Å²) in [6.07, 6.45) is 8.00. The van der Waals surface area contributed by atoms with E-state index in [2.05, 4.69) is 59.0 Å². The second kappa shape index (κ2) is 7.10. The number of imidazole rings is 1. The second-order valence-corrected chi connectivity index (χ2v) is 5.25. The van der Waals surface area contributed by atoms with E-state index in [0.29, 0.717) is 12.1 Å². The number of aromatic nitrogens is 2. The van der Waals surface area contributed by atoms with Gasteiger partial charge in [-0.3, -0.25) is 0 Å². The van der Waals surface area contributed by atoms with Gasteiger partial charge >= 0.3 is 0 Å². The summed E-state index contributed by atoms with van der Waals surface area (Å²) in [6.45, 7) is 5.45. The molecule has 2 aromatic rings. The minimum absolute atomic E-state index is 0.458. The van der Waals surface area contributed by atoms with Gasteiger partial charge in [0.25, 0.3) is 0 Å². The van der Waals surface area contributed by atoms with Gasteiger partial charge in [0.2, 0.25) is 0 Å². The van der Waals surface area contributed by atoms with E-state index in [1.165, 1.54) is 5.56 Å². The molecule has 0 saturated carbocycles. The van der Waals surface area contributed by atoms with Gasteiger partial charge in [0.05, 0.1) is 6.33 Å². The fourth-order valence-corrected chi connectivity index (χ4v) is 2.36. The molecule has 102 valence electrons. The maximum atomic E-state index is 4.07. The van der Waals surface area contributed by atoms with Crippen LogP contribution in [0.15, 0.2) is 49.1 Å². The molecule has 0 spiro atoms. The Morgan fingerprint density at radius 1 is 1.16 bits per heavy atom. The number of nitrogens with zero attached hydrogens (tertiary/aromatic N) is 2. The van der Waals surface area contributed by atoms with Crippen molar-refractivity contribution in [3.05, 3.63) is 54.6 Å². The molecule has 0 aliphatic heterocycles. The van der Waals surface area contributed by atoms with Crippen molar-refractivity contribution in [1.29, 1.82) is 0 Å².